The number of rotatable bonds is 11. The summed E-state index contributed by atoms with van der Waals surface area (Å²) in [5.41, 5.74) is 0.0804. The van der Waals surface area contributed by atoms with Crippen LogP contribution in [0.15, 0.2) is 23.3 Å². The SMILES string of the molecule is CCCCOc1ncccc1CN=C(NCC)NCC(C)(O)CN1CCOCC1.I. The third kappa shape index (κ3) is 10.2. The van der Waals surface area contributed by atoms with Crippen LogP contribution in [-0.2, 0) is 11.3 Å². The summed E-state index contributed by atoms with van der Waals surface area (Å²) in [7, 11) is 0. The number of halogens is 1. The van der Waals surface area contributed by atoms with Gasteiger partial charge in [-0.3, -0.25) is 4.90 Å². The van der Waals surface area contributed by atoms with Crippen molar-refractivity contribution in [3.05, 3.63) is 23.9 Å². The van der Waals surface area contributed by atoms with Crippen molar-refractivity contribution < 1.29 is 14.6 Å². The number of aliphatic imine (C=N–C) groups is 1. The Bertz CT molecular complexity index is 624. The van der Waals surface area contributed by atoms with Crippen LogP contribution < -0.4 is 15.4 Å². The summed E-state index contributed by atoms with van der Waals surface area (Å²) >= 11 is 0. The molecule has 0 bridgehead atoms. The Labute approximate surface area is 197 Å². The van der Waals surface area contributed by atoms with E-state index in [0.29, 0.717) is 38.1 Å². The molecular weight excluding hydrogens is 497 g/mol. The number of hydrogen-bond acceptors (Lipinski definition) is 6. The van der Waals surface area contributed by atoms with Gasteiger partial charge in [0, 0.05) is 44.5 Å². The van der Waals surface area contributed by atoms with Crippen molar-refractivity contribution in [2.75, 3.05) is 52.5 Å². The van der Waals surface area contributed by atoms with E-state index in [9.17, 15) is 5.11 Å². The lowest BCUT2D eigenvalue weighted by molar-refractivity contribution is -0.0201. The first kappa shape index (κ1) is 26.9. The van der Waals surface area contributed by atoms with Gasteiger partial charge in [0.25, 0.3) is 0 Å². The Hall–Kier alpha value is -1.17. The molecular formula is C21H38IN5O3. The van der Waals surface area contributed by atoms with Gasteiger partial charge in [-0.1, -0.05) is 19.4 Å². The number of hydrogen-bond donors (Lipinski definition) is 3. The Morgan fingerprint density at radius 1 is 1.33 bits per heavy atom. The van der Waals surface area contributed by atoms with Crippen molar-refractivity contribution in [1.29, 1.82) is 0 Å². The number of β-amino-alcohol motifs (C(OH)–C–C–N with tert-alkyl or cyclic N) is 1. The number of morpholine rings is 1. The van der Waals surface area contributed by atoms with Crippen LogP contribution in [-0.4, -0.2) is 79.1 Å². The topological polar surface area (TPSA) is 91.2 Å². The Kier molecular flexibility index (Phi) is 13.2. The molecule has 0 radical (unpaired) electrons. The molecule has 0 aliphatic carbocycles. The Morgan fingerprint density at radius 3 is 2.80 bits per heavy atom. The average Bonchev–Trinajstić information content (AvgIpc) is 2.71. The van der Waals surface area contributed by atoms with E-state index in [1.165, 1.54) is 0 Å². The van der Waals surface area contributed by atoms with Crippen LogP contribution in [0.2, 0.25) is 0 Å². The van der Waals surface area contributed by atoms with E-state index >= 15 is 0 Å². The van der Waals surface area contributed by atoms with Crippen molar-refractivity contribution in [3.8, 4) is 5.88 Å². The molecule has 2 heterocycles. The van der Waals surface area contributed by atoms with Gasteiger partial charge in [-0.2, -0.15) is 0 Å². The van der Waals surface area contributed by atoms with Crippen molar-refractivity contribution in [2.24, 2.45) is 4.99 Å². The minimum Gasteiger partial charge on any atom is -0.477 e. The molecule has 30 heavy (non-hydrogen) atoms. The number of nitrogens with one attached hydrogen (secondary N) is 2. The lowest BCUT2D eigenvalue weighted by Crippen LogP contribution is -2.52. The molecule has 1 saturated heterocycles. The smallest absolute Gasteiger partial charge is 0.218 e. The lowest BCUT2D eigenvalue weighted by Gasteiger charge is -2.34. The highest BCUT2D eigenvalue weighted by Gasteiger charge is 2.25. The molecule has 2 rings (SSSR count). The van der Waals surface area contributed by atoms with Crippen LogP contribution in [0.1, 0.15) is 39.2 Å². The average molecular weight is 535 g/mol. The Balaban J connectivity index is 0.00000450. The van der Waals surface area contributed by atoms with Crippen LogP contribution >= 0.6 is 24.0 Å². The quantitative estimate of drug-likeness (QED) is 0.173. The zero-order chi connectivity index (χ0) is 21.0. The third-order valence-corrected chi connectivity index (χ3v) is 4.64. The summed E-state index contributed by atoms with van der Waals surface area (Å²) in [5.74, 6) is 1.30. The molecule has 1 aromatic heterocycles. The first-order valence-electron chi connectivity index (χ1n) is 10.7. The van der Waals surface area contributed by atoms with Gasteiger partial charge in [0.15, 0.2) is 5.96 Å². The number of guanidine groups is 1. The van der Waals surface area contributed by atoms with E-state index in [1.807, 2.05) is 26.0 Å². The molecule has 9 heteroatoms. The summed E-state index contributed by atoms with van der Waals surface area (Å²) in [6.07, 6.45) is 3.82. The summed E-state index contributed by atoms with van der Waals surface area (Å²) in [4.78, 5) is 11.2. The maximum atomic E-state index is 10.8. The van der Waals surface area contributed by atoms with Crippen molar-refractivity contribution >= 4 is 29.9 Å². The standard InChI is InChI=1S/C21H37N5O3.HI/c1-4-6-12-29-19-18(8-7-9-23-19)15-24-20(22-5-2)25-16-21(3,27)17-26-10-13-28-14-11-26;/h7-9,27H,4-6,10-17H2,1-3H3,(H2,22,24,25);1H. The molecule has 0 saturated carbocycles. The molecule has 0 aromatic carbocycles. The van der Waals surface area contributed by atoms with E-state index in [4.69, 9.17) is 9.47 Å². The van der Waals surface area contributed by atoms with Crippen molar-refractivity contribution in [1.82, 2.24) is 20.5 Å². The van der Waals surface area contributed by atoms with Gasteiger partial charge in [-0.25, -0.2) is 9.98 Å². The van der Waals surface area contributed by atoms with Crippen LogP contribution in [0.3, 0.4) is 0 Å². The summed E-state index contributed by atoms with van der Waals surface area (Å²) < 4.78 is 11.2. The minimum absolute atomic E-state index is 0. The van der Waals surface area contributed by atoms with Crippen molar-refractivity contribution in [3.63, 3.8) is 0 Å². The second-order valence-electron chi connectivity index (χ2n) is 7.60. The molecule has 1 aromatic rings. The van der Waals surface area contributed by atoms with Gasteiger partial charge in [-0.05, 0) is 26.3 Å². The minimum atomic E-state index is -0.865. The van der Waals surface area contributed by atoms with Gasteiger partial charge in [0.1, 0.15) is 0 Å². The van der Waals surface area contributed by atoms with Crippen LogP contribution in [0.4, 0.5) is 0 Å². The second kappa shape index (κ2) is 14.8. The number of aliphatic hydroxyl groups is 1. The maximum Gasteiger partial charge on any atom is 0.218 e. The van der Waals surface area contributed by atoms with Crippen LogP contribution in [0.25, 0.3) is 0 Å². The second-order valence-corrected chi connectivity index (χ2v) is 7.60. The zero-order valence-corrected chi connectivity index (χ0v) is 20.9. The molecule has 1 unspecified atom stereocenters. The highest BCUT2D eigenvalue weighted by Crippen LogP contribution is 2.16. The van der Waals surface area contributed by atoms with E-state index in [1.54, 1.807) is 6.20 Å². The zero-order valence-electron chi connectivity index (χ0n) is 18.5. The Morgan fingerprint density at radius 2 is 2.10 bits per heavy atom. The number of nitrogens with zero attached hydrogens (tertiary/aromatic N) is 3. The monoisotopic (exact) mass is 535 g/mol. The first-order chi connectivity index (χ1) is 14.0. The number of pyridine rings is 1. The molecule has 8 nitrogen and oxygen atoms in total. The number of ether oxygens (including phenoxy) is 2. The fourth-order valence-corrected chi connectivity index (χ4v) is 3.06. The van der Waals surface area contributed by atoms with Gasteiger partial charge in [0.2, 0.25) is 5.88 Å². The molecule has 1 fully saturated rings. The van der Waals surface area contributed by atoms with E-state index in [0.717, 1.165) is 51.3 Å². The number of aromatic nitrogens is 1. The van der Waals surface area contributed by atoms with Crippen LogP contribution in [0.5, 0.6) is 5.88 Å². The van der Waals surface area contributed by atoms with E-state index in [2.05, 4.69) is 32.4 Å². The van der Waals surface area contributed by atoms with Gasteiger partial charge in [-0.15, -0.1) is 24.0 Å². The summed E-state index contributed by atoms with van der Waals surface area (Å²) in [6, 6.07) is 3.88. The number of unbranched alkanes of at least 4 members (excludes halogenated alkanes) is 1. The lowest BCUT2D eigenvalue weighted by atomic mass is 10.1. The van der Waals surface area contributed by atoms with E-state index in [-0.39, 0.29) is 24.0 Å². The molecule has 0 spiro atoms. The molecule has 172 valence electrons. The molecule has 1 aliphatic heterocycles. The maximum absolute atomic E-state index is 10.8. The van der Waals surface area contributed by atoms with Crippen molar-refractivity contribution in [2.45, 2.75) is 45.8 Å². The first-order valence-corrected chi connectivity index (χ1v) is 10.7. The third-order valence-electron chi connectivity index (χ3n) is 4.64. The molecule has 0 amide bonds. The van der Waals surface area contributed by atoms with Gasteiger partial charge in [0.05, 0.1) is 32.0 Å². The largest absolute Gasteiger partial charge is 0.477 e. The predicted octanol–water partition coefficient (Wildman–Crippen LogP) is 2.02. The fourth-order valence-electron chi connectivity index (χ4n) is 3.06. The summed E-state index contributed by atoms with van der Waals surface area (Å²) in [6.45, 7) is 12.0. The molecule has 3 N–H and O–H groups in total. The van der Waals surface area contributed by atoms with Crippen LogP contribution in [0, 0.1) is 0 Å². The molecule has 1 aliphatic rings. The predicted molar refractivity (Wildman–Crippen MR) is 131 cm³/mol. The highest BCUT2D eigenvalue weighted by atomic mass is 127. The highest BCUT2D eigenvalue weighted by molar-refractivity contribution is 14.0. The fraction of sp³-hybridized carbons (Fsp3) is 0.714. The van der Waals surface area contributed by atoms with Gasteiger partial charge >= 0.3 is 0 Å². The van der Waals surface area contributed by atoms with E-state index < -0.39 is 5.60 Å². The normalized spacial score (nSPS) is 17.0. The molecule has 1 atom stereocenters. The van der Waals surface area contributed by atoms with Gasteiger partial charge < -0.3 is 25.2 Å². The summed E-state index contributed by atoms with van der Waals surface area (Å²) in [5, 5.41) is 17.3.